The number of rotatable bonds is 1. The van der Waals surface area contributed by atoms with Gasteiger partial charge in [-0.25, -0.2) is 0 Å². The highest BCUT2D eigenvalue weighted by Gasteiger charge is 1.72. The fraction of sp³-hybridized carbons (Fsp3) is 0.125. The third kappa shape index (κ3) is 6.37. The van der Waals surface area contributed by atoms with Crippen molar-refractivity contribution in [3.05, 3.63) is 30.3 Å². The minimum Gasteiger partial charge on any atom is -0.399 e. The molecule has 0 aliphatic rings. The van der Waals surface area contributed by atoms with E-state index in [0.29, 0.717) is 6.41 Å². The van der Waals surface area contributed by atoms with E-state index in [1.165, 1.54) is 0 Å². The molecule has 0 radical (unpaired) electrons. The molecule has 0 saturated carbocycles. The fourth-order valence-electron chi connectivity index (χ4n) is 0.453. The zero-order valence-electron chi connectivity index (χ0n) is 6.45. The van der Waals surface area contributed by atoms with Crippen molar-refractivity contribution < 1.29 is 4.79 Å². The Bertz CT molecular complexity index is 187. The van der Waals surface area contributed by atoms with Crippen LogP contribution in [-0.4, -0.2) is 13.5 Å². The monoisotopic (exact) mass is 152 g/mol. The standard InChI is InChI=1S/C6H7N.C2H5NO/c7-6-4-2-1-3-5-6;1-3-2-4/h1-5H,7H2;2H,1H3,(H,3,4). The molecule has 0 fully saturated rings. The van der Waals surface area contributed by atoms with Crippen molar-refractivity contribution in [2.24, 2.45) is 0 Å². The molecule has 3 nitrogen and oxygen atoms in total. The van der Waals surface area contributed by atoms with E-state index < -0.39 is 0 Å². The lowest BCUT2D eigenvalue weighted by molar-refractivity contribution is -0.109. The summed E-state index contributed by atoms with van der Waals surface area (Å²) in [7, 11) is 1.56. The van der Waals surface area contributed by atoms with Crippen molar-refractivity contribution in [3.63, 3.8) is 0 Å². The van der Waals surface area contributed by atoms with E-state index in [2.05, 4.69) is 5.32 Å². The first-order valence-electron chi connectivity index (χ1n) is 3.22. The molecule has 60 valence electrons. The number of hydrogen-bond donors (Lipinski definition) is 2. The van der Waals surface area contributed by atoms with Crippen molar-refractivity contribution in [2.75, 3.05) is 12.8 Å². The Balaban J connectivity index is 0.000000218. The zero-order chi connectivity index (χ0) is 8.53. The maximum atomic E-state index is 9.06. The molecule has 0 aromatic heterocycles. The average Bonchev–Trinajstić information content (AvgIpc) is 2.07. The molecule has 3 heteroatoms. The minimum atomic E-state index is 0.625. The Labute approximate surface area is 66.2 Å². The van der Waals surface area contributed by atoms with Gasteiger partial charge in [-0.05, 0) is 12.1 Å². The third-order valence-electron chi connectivity index (χ3n) is 0.917. The van der Waals surface area contributed by atoms with Gasteiger partial charge in [-0.2, -0.15) is 0 Å². The maximum Gasteiger partial charge on any atom is 0.206 e. The topological polar surface area (TPSA) is 55.1 Å². The van der Waals surface area contributed by atoms with Crippen LogP contribution in [0.2, 0.25) is 0 Å². The van der Waals surface area contributed by atoms with Gasteiger partial charge >= 0.3 is 0 Å². The smallest absolute Gasteiger partial charge is 0.206 e. The molecule has 3 N–H and O–H groups in total. The van der Waals surface area contributed by atoms with Crippen LogP contribution in [0, 0.1) is 0 Å². The van der Waals surface area contributed by atoms with E-state index in [9.17, 15) is 0 Å². The Kier molecular flexibility index (Phi) is 5.70. The molecule has 1 amide bonds. The molecule has 0 saturated heterocycles. The predicted molar refractivity (Wildman–Crippen MR) is 46.0 cm³/mol. The van der Waals surface area contributed by atoms with Crippen LogP contribution in [0.3, 0.4) is 0 Å². The van der Waals surface area contributed by atoms with Crippen LogP contribution < -0.4 is 11.1 Å². The van der Waals surface area contributed by atoms with Gasteiger partial charge in [0.25, 0.3) is 0 Å². The quantitative estimate of drug-likeness (QED) is 0.458. The van der Waals surface area contributed by atoms with Gasteiger partial charge in [0, 0.05) is 12.7 Å². The lowest BCUT2D eigenvalue weighted by Crippen LogP contribution is -1.98. The average molecular weight is 152 g/mol. The highest BCUT2D eigenvalue weighted by atomic mass is 16.1. The number of para-hydroxylation sites is 1. The largest absolute Gasteiger partial charge is 0.399 e. The van der Waals surface area contributed by atoms with Crippen molar-refractivity contribution >= 4 is 12.1 Å². The van der Waals surface area contributed by atoms with Crippen LogP contribution in [0.5, 0.6) is 0 Å². The number of amides is 1. The summed E-state index contributed by atoms with van der Waals surface area (Å²) in [6, 6.07) is 9.49. The van der Waals surface area contributed by atoms with Crippen LogP contribution in [0.1, 0.15) is 0 Å². The predicted octanol–water partition coefficient (Wildman–Crippen LogP) is 0.631. The van der Waals surface area contributed by atoms with E-state index in [4.69, 9.17) is 10.5 Å². The van der Waals surface area contributed by atoms with Gasteiger partial charge in [0.1, 0.15) is 0 Å². The highest BCUT2D eigenvalue weighted by molar-refractivity contribution is 5.44. The Morgan fingerprint density at radius 3 is 2.00 bits per heavy atom. The maximum absolute atomic E-state index is 9.06. The van der Waals surface area contributed by atoms with Crippen LogP contribution in [0.15, 0.2) is 30.3 Å². The van der Waals surface area contributed by atoms with Gasteiger partial charge in [-0.3, -0.25) is 4.79 Å². The lowest BCUT2D eigenvalue weighted by Gasteiger charge is -1.83. The molecular formula is C8H12N2O. The summed E-state index contributed by atoms with van der Waals surface area (Å²) in [6.45, 7) is 0. The molecule has 11 heavy (non-hydrogen) atoms. The van der Waals surface area contributed by atoms with Gasteiger partial charge in [0.05, 0.1) is 0 Å². The van der Waals surface area contributed by atoms with Gasteiger partial charge in [-0.15, -0.1) is 0 Å². The van der Waals surface area contributed by atoms with Gasteiger partial charge in [0.2, 0.25) is 6.41 Å². The molecule has 1 aromatic carbocycles. The minimum absolute atomic E-state index is 0.625. The van der Waals surface area contributed by atoms with E-state index in [-0.39, 0.29) is 0 Å². The van der Waals surface area contributed by atoms with Gasteiger partial charge in [-0.1, -0.05) is 18.2 Å². The van der Waals surface area contributed by atoms with Crippen molar-refractivity contribution in [1.82, 2.24) is 5.32 Å². The molecule has 1 aromatic rings. The van der Waals surface area contributed by atoms with Crippen LogP contribution in [-0.2, 0) is 4.79 Å². The Hall–Kier alpha value is -1.51. The molecule has 0 unspecified atom stereocenters. The summed E-state index contributed by atoms with van der Waals surface area (Å²) in [5, 5.41) is 2.25. The molecule has 0 spiro atoms. The Morgan fingerprint density at radius 2 is 1.82 bits per heavy atom. The van der Waals surface area contributed by atoms with E-state index in [1.54, 1.807) is 7.05 Å². The normalized spacial score (nSPS) is 7.36. The molecule has 0 aliphatic heterocycles. The number of nitrogens with one attached hydrogen (secondary N) is 1. The van der Waals surface area contributed by atoms with Crippen LogP contribution in [0.25, 0.3) is 0 Å². The third-order valence-corrected chi connectivity index (χ3v) is 0.917. The number of benzene rings is 1. The first kappa shape index (κ1) is 9.49. The number of nitrogens with two attached hydrogens (primary N) is 1. The molecule has 0 aliphatic carbocycles. The molecule has 0 heterocycles. The Morgan fingerprint density at radius 1 is 1.36 bits per heavy atom. The van der Waals surface area contributed by atoms with Crippen LogP contribution >= 0.6 is 0 Å². The second kappa shape index (κ2) is 6.61. The summed E-state index contributed by atoms with van der Waals surface area (Å²) >= 11 is 0. The van der Waals surface area contributed by atoms with Crippen LogP contribution in [0.4, 0.5) is 5.69 Å². The molecular weight excluding hydrogens is 140 g/mol. The second-order valence-corrected chi connectivity index (χ2v) is 1.82. The number of carbonyl (C=O) groups excluding carboxylic acids is 1. The van der Waals surface area contributed by atoms with Crippen molar-refractivity contribution in [3.8, 4) is 0 Å². The lowest BCUT2D eigenvalue weighted by atomic mass is 10.3. The van der Waals surface area contributed by atoms with Gasteiger partial charge < -0.3 is 11.1 Å². The fourth-order valence-corrected chi connectivity index (χ4v) is 0.453. The van der Waals surface area contributed by atoms with Gasteiger partial charge in [0.15, 0.2) is 0 Å². The summed E-state index contributed by atoms with van der Waals surface area (Å²) in [6.07, 6.45) is 0.625. The summed E-state index contributed by atoms with van der Waals surface area (Å²) in [4.78, 5) is 9.06. The van der Waals surface area contributed by atoms with Crippen molar-refractivity contribution in [2.45, 2.75) is 0 Å². The van der Waals surface area contributed by atoms with Crippen molar-refractivity contribution in [1.29, 1.82) is 0 Å². The first-order valence-corrected chi connectivity index (χ1v) is 3.22. The summed E-state index contributed by atoms with van der Waals surface area (Å²) in [5.74, 6) is 0. The molecule has 0 bridgehead atoms. The SMILES string of the molecule is CNC=O.Nc1ccccc1. The van der Waals surface area contributed by atoms with E-state index in [0.717, 1.165) is 5.69 Å². The highest BCUT2D eigenvalue weighted by Crippen LogP contribution is 1.95. The number of nitrogen functional groups attached to an aromatic ring is 1. The van der Waals surface area contributed by atoms with E-state index in [1.807, 2.05) is 30.3 Å². The number of hydrogen-bond acceptors (Lipinski definition) is 2. The molecule has 0 atom stereocenters. The number of carbonyl (C=O) groups is 1. The summed E-state index contributed by atoms with van der Waals surface area (Å²) < 4.78 is 0. The number of anilines is 1. The van der Waals surface area contributed by atoms with E-state index >= 15 is 0 Å². The summed E-state index contributed by atoms with van der Waals surface area (Å²) in [5.41, 5.74) is 6.18. The molecule has 1 rings (SSSR count). The first-order chi connectivity index (χ1) is 5.31. The second-order valence-electron chi connectivity index (χ2n) is 1.82. The zero-order valence-corrected chi connectivity index (χ0v) is 6.45.